The molecule has 0 bridgehead atoms. The molecule has 2 atom stereocenters. The van der Waals surface area contributed by atoms with Crippen molar-refractivity contribution in [3.63, 3.8) is 0 Å². The smallest absolute Gasteiger partial charge is 0.370 e. The van der Waals surface area contributed by atoms with Crippen LogP contribution in [0.3, 0.4) is 0 Å². The van der Waals surface area contributed by atoms with Crippen molar-refractivity contribution >= 4 is 23.4 Å². The van der Waals surface area contributed by atoms with Gasteiger partial charge < -0.3 is 19.3 Å². The van der Waals surface area contributed by atoms with Crippen LogP contribution in [0, 0.1) is 5.92 Å². The maximum absolute atomic E-state index is 12.7. The molecule has 3 saturated heterocycles. The van der Waals surface area contributed by atoms with Crippen molar-refractivity contribution in [1.29, 1.82) is 0 Å². The van der Waals surface area contributed by atoms with Crippen LogP contribution in [0.25, 0.3) is 0 Å². The molecule has 4 rings (SSSR count). The van der Waals surface area contributed by atoms with Crippen LogP contribution in [-0.4, -0.2) is 66.6 Å². The zero-order valence-electron chi connectivity index (χ0n) is 16.2. The van der Waals surface area contributed by atoms with E-state index in [2.05, 4.69) is 0 Å². The van der Waals surface area contributed by atoms with Crippen LogP contribution in [0.1, 0.15) is 24.0 Å². The first-order valence-electron chi connectivity index (χ1n) is 9.85. The Bertz CT molecular complexity index is 829. The van der Waals surface area contributed by atoms with E-state index in [-0.39, 0.29) is 48.2 Å². The molecule has 3 heterocycles. The standard InChI is InChI=1S/C20H22ClF3N2O4/c21-17-6-14(20(22,23)24)2-1-12(17)10-29-16-8-26(9-16)19(28)25-4-3-18-13(7-25)5-15(27)11-30-18/h1-2,6,13,16,18H,3-5,7-11H2/t13-,18-/m0/s1. The molecule has 30 heavy (non-hydrogen) atoms. The number of benzene rings is 1. The molecule has 2 amide bonds. The SMILES string of the molecule is O=C1CO[C@H]2CCN(C(=O)N3CC(OCc4ccc(C(F)(F)F)cc4Cl)C3)C[C@@H]2C1. The Balaban J connectivity index is 1.23. The average molecular weight is 447 g/mol. The van der Waals surface area contributed by atoms with E-state index in [1.54, 1.807) is 9.80 Å². The Kier molecular flexibility index (Phi) is 5.96. The number of hydrogen-bond acceptors (Lipinski definition) is 4. The van der Waals surface area contributed by atoms with E-state index in [0.29, 0.717) is 38.2 Å². The Morgan fingerprint density at radius 3 is 2.70 bits per heavy atom. The molecule has 3 aliphatic heterocycles. The first kappa shape index (κ1) is 21.4. The first-order chi connectivity index (χ1) is 14.2. The molecule has 0 unspecified atom stereocenters. The summed E-state index contributed by atoms with van der Waals surface area (Å²) in [5.41, 5.74) is -0.330. The minimum absolute atomic E-state index is 0.00389. The predicted molar refractivity (Wildman–Crippen MR) is 101 cm³/mol. The number of Topliss-reactive ketones (excluding diaryl/α,β-unsaturated/α-hetero) is 1. The van der Waals surface area contributed by atoms with Gasteiger partial charge in [0.15, 0.2) is 5.78 Å². The number of urea groups is 1. The third kappa shape index (κ3) is 4.58. The fourth-order valence-electron chi connectivity index (χ4n) is 4.10. The molecule has 0 spiro atoms. The van der Waals surface area contributed by atoms with Gasteiger partial charge in [-0.2, -0.15) is 13.2 Å². The van der Waals surface area contributed by atoms with Crippen LogP contribution < -0.4 is 0 Å². The molecular weight excluding hydrogens is 425 g/mol. The topological polar surface area (TPSA) is 59.1 Å². The summed E-state index contributed by atoms with van der Waals surface area (Å²) in [6.45, 7) is 2.18. The third-order valence-corrected chi connectivity index (χ3v) is 6.21. The molecule has 10 heteroatoms. The number of ether oxygens (including phenoxy) is 2. The maximum atomic E-state index is 12.7. The number of likely N-dealkylation sites (tertiary alicyclic amines) is 2. The number of amides is 2. The molecule has 3 aliphatic rings. The monoisotopic (exact) mass is 446 g/mol. The van der Waals surface area contributed by atoms with Crippen molar-refractivity contribution in [1.82, 2.24) is 9.80 Å². The molecule has 1 aromatic rings. The van der Waals surface area contributed by atoms with Gasteiger partial charge in [0.1, 0.15) is 6.61 Å². The number of carbonyl (C=O) groups is 2. The summed E-state index contributed by atoms with van der Waals surface area (Å²) in [6.07, 6.45) is -3.40. The maximum Gasteiger partial charge on any atom is 0.416 e. The normalized spacial score (nSPS) is 25.1. The van der Waals surface area contributed by atoms with Gasteiger partial charge in [-0.1, -0.05) is 17.7 Å². The highest BCUT2D eigenvalue weighted by atomic mass is 35.5. The van der Waals surface area contributed by atoms with E-state index in [4.69, 9.17) is 21.1 Å². The molecule has 0 saturated carbocycles. The van der Waals surface area contributed by atoms with Crippen molar-refractivity contribution in [3.05, 3.63) is 34.3 Å². The van der Waals surface area contributed by atoms with Crippen LogP contribution >= 0.6 is 11.6 Å². The number of hydrogen-bond donors (Lipinski definition) is 0. The summed E-state index contributed by atoms with van der Waals surface area (Å²) in [7, 11) is 0. The lowest BCUT2D eigenvalue weighted by Crippen LogP contribution is -2.61. The van der Waals surface area contributed by atoms with Crippen LogP contribution in [0.5, 0.6) is 0 Å². The van der Waals surface area contributed by atoms with Gasteiger partial charge in [0, 0.05) is 30.5 Å². The summed E-state index contributed by atoms with van der Waals surface area (Å²) in [5, 5.41) is 0.00389. The molecule has 0 aromatic heterocycles. The minimum atomic E-state index is -4.44. The van der Waals surface area contributed by atoms with Gasteiger partial charge in [0.2, 0.25) is 0 Å². The lowest BCUT2D eigenvalue weighted by molar-refractivity contribution is -0.140. The van der Waals surface area contributed by atoms with Crippen molar-refractivity contribution in [2.75, 3.05) is 32.8 Å². The first-order valence-corrected chi connectivity index (χ1v) is 10.2. The van der Waals surface area contributed by atoms with Gasteiger partial charge >= 0.3 is 12.2 Å². The lowest BCUT2D eigenvalue weighted by atomic mass is 9.88. The van der Waals surface area contributed by atoms with Crippen LogP contribution in [0.15, 0.2) is 18.2 Å². The van der Waals surface area contributed by atoms with Crippen molar-refractivity contribution in [2.45, 2.75) is 37.8 Å². The Morgan fingerprint density at radius 2 is 2.00 bits per heavy atom. The number of halogens is 4. The number of ketones is 1. The molecule has 1 aromatic carbocycles. The zero-order valence-corrected chi connectivity index (χ0v) is 16.9. The number of alkyl halides is 3. The van der Waals surface area contributed by atoms with Crippen molar-refractivity contribution in [2.24, 2.45) is 5.92 Å². The molecular formula is C20H22ClF3N2O4. The number of piperidine rings is 1. The fraction of sp³-hybridized carbons (Fsp3) is 0.600. The Hall–Kier alpha value is -1.84. The van der Waals surface area contributed by atoms with Gasteiger partial charge in [-0.15, -0.1) is 0 Å². The number of carbonyl (C=O) groups excluding carboxylic acids is 2. The molecule has 0 aliphatic carbocycles. The summed E-state index contributed by atoms with van der Waals surface area (Å²) in [4.78, 5) is 27.7. The van der Waals surface area contributed by atoms with E-state index in [1.807, 2.05) is 0 Å². The van der Waals surface area contributed by atoms with Crippen LogP contribution in [-0.2, 0) is 27.1 Å². The van der Waals surface area contributed by atoms with Crippen LogP contribution in [0.2, 0.25) is 5.02 Å². The molecule has 3 fully saturated rings. The highest BCUT2D eigenvalue weighted by Gasteiger charge is 2.40. The molecule has 0 radical (unpaired) electrons. The van der Waals surface area contributed by atoms with Crippen LogP contribution in [0.4, 0.5) is 18.0 Å². The van der Waals surface area contributed by atoms with E-state index >= 15 is 0 Å². The summed E-state index contributed by atoms with van der Waals surface area (Å²) >= 11 is 5.94. The predicted octanol–water partition coefficient (Wildman–Crippen LogP) is 3.36. The number of rotatable bonds is 3. The lowest BCUT2D eigenvalue weighted by Gasteiger charge is -2.45. The zero-order chi connectivity index (χ0) is 21.5. The molecule has 0 N–H and O–H groups in total. The van der Waals surface area contributed by atoms with E-state index in [0.717, 1.165) is 18.6 Å². The second-order valence-electron chi connectivity index (χ2n) is 8.01. The second kappa shape index (κ2) is 8.36. The Morgan fingerprint density at radius 1 is 1.23 bits per heavy atom. The molecule has 164 valence electrons. The quantitative estimate of drug-likeness (QED) is 0.714. The van der Waals surface area contributed by atoms with Gasteiger partial charge in [-0.3, -0.25) is 4.79 Å². The minimum Gasteiger partial charge on any atom is -0.370 e. The molecule has 6 nitrogen and oxygen atoms in total. The highest BCUT2D eigenvalue weighted by Crippen LogP contribution is 2.33. The van der Waals surface area contributed by atoms with Crippen molar-refractivity contribution < 1.29 is 32.2 Å². The summed E-state index contributed by atoms with van der Waals surface area (Å²) in [5.74, 6) is 0.129. The van der Waals surface area contributed by atoms with Gasteiger partial charge in [0.25, 0.3) is 0 Å². The number of nitrogens with zero attached hydrogens (tertiary/aromatic N) is 2. The van der Waals surface area contributed by atoms with E-state index in [9.17, 15) is 22.8 Å². The largest absolute Gasteiger partial charge is 0.416 e. The summed E-state index contributed by atoms with van der Waals surface area (Å²) in [6, 6.07) is 3.09. The number of fused-ring (bicyclic) bond motifs is 1. The fourth-order valence-corrected chi connectivity index (χ4v) is 4.33. The van der Waals surface area contributed by atoms with Gasteiger partial charge in [-0.25, -0.2) is 4.79 Å². The van der Waals surface area contributed by atoms with E-state index in [1.165, 1.54) is 6.07 Å². The third-order valence-electron chi connectivity index (χ3n) is 5.86. The Labute approximate surface area is 176 Å². The highest BCUT2D eigenvalue weighted by molar-refractivity contribution is 6.31. The van der Waals surface area contributed by atoms with E-state index < -0.39 is 11.7 Å². The van der Waals surface area contributed by atoms with Gasteiger partial charge in [-0.05, 0) is 24.1 Å². The second-order valence-corrected chi connectivity index (χ2v) is 8.42. The summed E-state index contributed by atoms with van der Waals surface area (Å²) < 4.78 is 49.4. The average Bonchev–Trinajstić information content (AvgIpc) is 2.66. The van der Waals surface area contributed by atoms with Gasteiger partial charge in [0.05, 0.1) is 37.5 Å². The van der Waals surface area contributed by atoms with Crippen molar-refractivity contribution in [3.8, 4) is 0 Å².